The fourth-order valence-electron chi connectivity index (χ4n) is 2.88. The van der Waals surface area contributed by atoms with Crippen LogP contribution in [0, 0.1) is 11.8 Å². The molecule has 0 aliphatic carbocycles. The number of aromatic nitrogens is 2. The van der Waals surface area contributed by atoms with Crippen molar-refractivity contribution in [3.8, 4) is 23.1 Å². The van der Waals surface area contributed by atoms with Crippen molar-refractivity contribution in [2.45, 2.75) is 18.6 Å². The normalized spacial score (nSPS) is 18.7. The summed E-state index contributed by atoms with van der Waals surface area (Å²) in [6, 6.07) is 8.79. The zero-order valence-electron chi connectivity index (χ0n) is 15.6. The summed E-state index contributed by atoms with van der Waals surface area (Å²) >= 11 is 0. The molecule has 144 valence electrons. The van der Waals surface area contributed by atoms with Crippen molar-refractivity contribution in [3.63, 3.8) is 0 Å². The number of carbonyl (C=O) groups excluding carboxylic acids is 2. The average Bonchev–Trinajstić information content (AvgIpc) is 2.95. The number of hydrogen-bond acceptors (Lipinski definition) is 6. The van der Waals surface area contributed by atoms with E-state index in [9.17, 15) is 14.7 Å². The van der Waals surface area contributed by atoms with Crippen molar-refractivity contribution in [2.24, 2.45) is 5.73 Å². The highest BCUT2D eigenvalue weighted by Gasteiger charge is 2.42. The Balaban J connectivity index is 1.96. The first-order valence-corrected chi connectivity index (χ1v) is 8.60. The van der Waals surface area contributed by atoms with E-state index in [-0.39, 0.29) is 18.9 Å². The van der Waals surface area contributed by atoms with Crippen LogP contribution in [0.1, 0.15) is 28.3 Å². The van der Waals surface area contributed by atoms with Crippen LogP contribution in [0.5, 0.6) is 0 Å². The lowest BCUT2D eigenvalue weighted by molar-refractivity contribution is -0.137. The molecule has 3 rings (SSSR count). The molecule has 1 unspecified atom stereocenters. The summed E-state index contributed by atoms with van der Waals surface area (Å²) in [7, 11) is 3.15. The van der Waals surface area contributed by atoms with Crippen LogP contribution in [-0.2, 0) is 16.1 Å². The van der Waals surface area contributed by atoms with Gasteiger partial charge in [0.15, 0.2) is 0 Å². The highest BCUT2D eigenvalue weighted by atomic mass is 16.5. The molecule has 8 heteroatoms. The second-order valence-corrected chi connectivity index (χ2v) is 6.53. The molecule has 2 aromatic rings. The number of methoxy groups -OCH3 is 1. The van der Waals surface area contributed by atoms with E-state index in [4.69, 9.17) is 10.5 Å². The van der Waals surface area contributed by atoms with Gasteiger partial charge in [-0.3, -0.25) is 9.59 Å². The summed E-state index contributed by atoms with van der Waals surface area (Å²) in [5, 5.41) is 10.4. The first-order valence-electron chi connectivity index (χ1n) is 8.60. The molecule has 1 saturated heterocycles. The number of rotatable bonds is 4. The van der Waals surface area contributed by atoms with Gasteiger partial charge in [0, 0.05) is 38.2 Å². The van der Waals surface area contributed by atoms with Gasteiger partial charge in [-0.15, -0.1) is 0 Å². The van der Waals surface area contributed by atoms with Crippen LogP contribution >= 0.6 is 0 Å². The Labute approximate surface area is 162 Å². The molecule has 3 N–H and O–H groups in total. The number of nitrogens with two attached hydrogens (primary N) is 1. The van der Waals surface area contributed by atoms with Crippen LogP contribution in [0.2, 0.25) is 0 Å². The van der Waals surface area contributed by atoms with Crippen LogP contribution in [0.15, 0.2) is 30.3 Å². The van der Waals surface area contributed by atoms with Gasteiger partial charge in [-0.25, -0.2) is 9.97 Å². The summed E-state index contributed by atoms with van der Waals surface area (Å²) in [4.78, 5) is 33.3. The van der Waals surface area contributed by atoms with Gasteiger partial charge in [0.25, 0.3) is 11.8 Å². The van der Waals surface area contributed by atoms with Gasteiger partial charge < -0.3 is 20.5 Å². The predicted octanol–water partition coefficient (Wildman–Crippen LogP) is 0.334. The predicted molar refractivity (Wildman–Crippen MR) is 101 cm³/mol. The Kier molecular flexibility index (Phi) is 5.40. The lowest BCUT2D eigenvalue weighted by atomic mass is 10.0. The minimum Gasteiger partial charge on any atom is -0.378 e. The van der Waals surface area contributed by atoms with E-state index in [1.165, 1.54) is 12.0 Å². The van der Waals surface area contributed by atoms with E-state index < -0.39 is 17.4 Å². The molecular formula is C20H20N4O4. The van der Waals surface area contributed by atoms with E-state index in [1.54, 1.807) is 37.4 Å². The van der Waals surface area contributed by atoms with E-state index in [0.29, 0.717) is 29.1 Å². The molecule has 1 aromatic heterocycles. The number of likely N-dealkylation sites (N-methyl/N-ethyl adjacent to an activating group) is 1. The van der Waals surface area contributed by atoms with Gasteiger partial charge in [-0.1, -0.05) is 24.0 Å². The number of benzene rings is 1. The molecule has 1 atom stereocenters. The minimum atomic E-state index is -1.66. The maximum absolute atomic E-state index is 12.0. The minimum absolute atomic E-state index is 0.102. The maximum atomic E-state index is 12.0. The van der Waals surface area contributed by atoms with Gasteiger partial charge in [0.2, 0.25) is 11.4 Å². The fraction of sp³-hybridized carbons (Fsp3) is 0.300. The number of primary amides is 1. The van der Waals surface area contributed by atoms with Gasteiger partial charge in [0.1, 0.15) is 0 Å². The molecule has 2 heterocycles. The van der Waals surface area contributed by atoms with Crippen molar-refractivity contribution in [1.29, 1.82) is 0 Å². The van der Waals surface area contributed by atoms with Crippen LogP contribution in [0.4, 0.5) is 0 Å². The van der Waals surface area contributed by atoms with Crippen molar-refractivity contribution in [1.82, 2.24) is 14.9 Å². The summed E-state index contributed by atoms with van der Waals surface area (Å²) in [6.07, 6.45) is 0.267. The van der Waals surface area contributed by atoms with E-state index in [2.05, 4.69) is 21.8 Å². The molecule has 0 bridgehead atoms. The smallest absolute Gasteiger partial charge is 0.286 e. The quantitative estimate of drug-likeness (QED) is 0.738. The van der Waals surface area contributed by atoms with Crippen molar-refractivity contribution in [3.05, 3.63) is 47.4 Å². The third kappa shape index (κ3) is 4.01. The fourth-order valence-corrected chi connectivity index (χ4v) is 2.88. The number of aliphatic hydroxyl groups is 1. The molecule has 0 spiro atoms. The number of carbonyl (C=O) groups is 2. The van der Waals surface area contributed by atoms with Crippen LogP contribution in [0.25, 0.3) is 11.3 Å². The highest BCUT2D eigenvalue weighted by molar-refractivity contribution is 5.90. The second kappa shape index (κ2) is 7.76. The van der Waals surface area contributed by atoms with Gasteiger partial charge in [-0.05, 0) is 18.2 Å². The standard InChI is InChI=1S/C20H20N4O4/c1-24-9-8-20(27,19(24)26)7-6-13-4-3-5-14(10-13)16-11-15(12-28-2)22-18(23-16)17(21)25/h3-5,10-11,27H,8-9,12H2,1-2H3,(H2,21,25). The molecule has 0 saturated carbocycles. The van der Waals surface area contributed by atoms with Crippen molar-refractivity contribution in [2.75, 3.05) is 20.7 Å². The molecule has 2 amide bonds. The third-order valence-electron chi connectivity index (χ3n) is 4.37. The number of amides is 2. The van der Waals surface area contributed by atoms with Gasteiger partial charge in [-0.2, -0.15) is 0 Å². The molecule has 28 heavy (non-hydrogen) atoms. The van der Waals surface area contributed by atoms with E-state index >= 15 is 0 Å². The summed E-state index contributed by atoms with van der Waals surface area (Å²) in [6.45, 7) is 0.668. The van der Waals surface area contributed by atoms with Crippen LogP contribution in [-0.4, -0.2) is 58.1 Å². The maximum Gasteiger partial charge on any atom is 0.286 e. The van der Waals surface area contributed by atoms with Crippen molar-refractivity contribution >= 4 is 11.8 Å². The molecule has 0 radical (unpaired) electrons. The lowest BCUT2D eigenvalue weighted by Gasteiger charge is -2.13. The summed E-state index contributed by atoms with van der Waals surface area (Å²) in [5.41, 5.74) is 5.96. The Hall–Kier alpha value is -3.28. The first kappa shape index (κ1) is 19.5. The van der Waals surface area contributed by atoms with Gasteiger partial charge in [0.05, 0.1) is 18.0 Å². The second-order valence-electron chi connectivity index (χ2n) is 6.53. The Morgan fingerprint density at radius 2 is 2.18 bits per heavy atom. The Morgan fingerprint density at radius 1 is 1.39 bits per heavy atom. The zero-order valence-corrected chi connectivity index (χ0v) is 15.6. The first-order chi connectivity index (χ1) is 13.3. The summed E-state index contributed by atoms with van der Waals surface area (Å²) < 4.78 is 5.07. The Bertz CT molecular complexity index is 995. The molecule has 1 aliphatic heterocycles. The number of likely N-dealkylation sites (tertiary alicyclic amines) is 1. The largest absolute Gasteiger partial charge is 0.378 e. The van der Waals surface area contributed by atoms with Crippen LogP contribution in [0.3, 0.4) is 0 Å². The van der Waals surface area contributed by atoms with Crippen LogP contribution < -0.4 is 5.73 Å². The molecular weight excluding hydrogens is 360 g/mol. The monoisotopic (exact) mass is 380 g/mol. The molecule has 1 aliphatic rings. The third-order valence-corrected chi connectivity index (χ3v) is 4.37. The molecule has 8 nitrogen and oxygen atoms in total. The molecule has 1 aromatic carbocycles. The number of ether oxygens (including phenoxy) is 1. The van der Waals surface area contributed by atoms with Gasteiger partial charge >= 0.3 is 0 Å². The lowest BCUT2D eigenvalue weighted by Crippen LogP contribution is -2.37. The Morgan fingerprint density at radius 3 is 2.82 bits per heavy atom. The topological polar surface area (TPSA) is 119 Å². The number of hydrogen-bond donors (Lipinski definition) is 2. The SMILES string of the molecule is COCc1cc(-c2cccc(C#CC3(O)CCN(C)C3=O)c2)nc(C(N)=O)n1. The zero-order chi connectivity index (χ0) is 20.3. The number of nitrogens with zero attached hydrogens (tertiary/aromatic N) is 3. The van der Waals surface area contributed by atoms with E-state index in [0.717, 1.165) is 0 Å². The van der Waals surface area contributed by atoms with Crippen molar-refractivity contribution < 1.29 is 19.4 Å². The molecule has 1 fully saturated rings. The summed E-state index contributed by atoms with van der Waals surface area (Å²) in [5.74, 6) is 4.30. The average molecular weight is 380 g/mol. The van der Waals surface area contributed by atoms with E-state index in [1.807, 2.05) is 0 Å². The highest BCUT2D eigenvalue weighted by Crippen LogP contribution is 2.22.